The molecule has 0 atom stereocenters. The molecule has 216 valence electrons. The third-order valence-electron chi connectivity index (χ3n) is 8.78. The molecule has 0 saturated heterocycles. The summed E-state index contributed by atoms with van der Waals surface area (Å²) in [4.78, 5) is 11.7. The summed E-state index contributed by atoms with van der Waals surface area (Å²) in [5.41, 5.74) is 10.1. The predicted octanol–water partition coefficient (Wildman–Crippen LogP) is 11.5. The molecular formula is C42H27N3O. The van der Waals surface area contributed by atoms with Gasteiger partial charge in [-0.3, -0.25) is 4.98 Å². The highest BCUT2D eigenvalue weighted by atomic mass is 16.3. The lowest BCUT2D eigenvalue weighted by Gasteiger charge is -2.27. The molecule has 0 amide bonds. The fraction of sp³-hybridized carbons (Fsp3) is 0. The molecule has 4 heteroatoms. The highest BCUT2D eigenvalue weighted by Crippen LogP contribution is 2.43. The SMILES string of the molecule is c1ccc(-c2ccc(N(c3cnc4oc5c6cccnc6ccc5c4c3)c3ccc(-c4ccccc4)c4ccccc34)cc2)cc1. The smallest absolute Gasteiger partial charge is 0.227 e. The van der Waals surface area contributed by atoms with Crippen molar-refractivity contribution in [2.24, 2.45) is 0 Å². The van der Waals surface area contributed by atoms with E-state index in [9.17, 15) is 0 Å². The zero-order valence-electron chi connectivity index (χ0n) is 24.8. The minimum absolute atomic E-state index is 0.610. The number of aromatic nitrogens is 2. The van der Waals surface area contributed by atoms with Crippen molar-refractivity contribution in [1.29, 1.82) is 0 Å². The summed E-state index contributed by atoms with van der Waals surface area (Å²) >= 11 is 0. The zero-order valence-corrected chi connectivity index (χ0v) is 24.8. The average molecular weight is 590 g/mol. The summed E-state index contributed by atoms with van der Waals surface area (Å²) in [6.45, 7) is 0. The first-order chi connectivity index (χ1) is 22.8. The van der Waals surface area contributed by atoms with Crippen molar-refractivity contribution in [2.45, 2.75) is 0 Å². The number of furan rings is 1. The van der Waals surface area contributed by atoms with Crippen molar-refractivity contribution >= 4 is 60.8 Å². The molecule has 0 fully saturated rings. The molecule has 0 aliphatic rings. The second-order valence-corrected chi connectivity index (χ2v) is 11.5. The third kappa shape index (κ3) is 4.31. The van der Waals surface area contributed by atoms with E-state index in [4.69, 9.17) is 9.40 Å². The molecule has 0 bridgehead atoms. The first kappa shape index (κ1) is 26.2. The van der Waals surface area contributed by atoms with E-state index in [-0.39, 0.29) is 0 Å². The van der Waals surface area contributed by atoms with Crippen LogP contribution in [0.5, 0.6) is 0 Å². The molecule has 9 aromatic rings. The number of pyridine rings is 2. The number of nitrogens with zero attached hydrogens (tertiary/aromatic N) is 3. The van der Waals surface area contributed by atoms with Crippen molar-refractivity contribution in [2.75, 3.05) is 4.90 Å². The van der Waals surface area contributed by atoms with Crippen molar-refractivity contribution in [3.8, 4) is 22.3 Å². The van der Waals surface area contributed by atoms with Gasteiger partial charge >= 0.3 is 0 Å². The van der Waals surface area contributed by atoms with E-state index in [2.05, 4.69) is 149 Å². The Kier molecular flexibility index (Phi) is 6.10. The van der Waals surface area contributed by atoms with Crippen LogP contribution < -0.4 is 4.90 Å². The molecule has 0 aliphatic heterocycles. The van der Waals surface area contributed by atoms with Gasteiger partial charge in [0.25, 0.3) is 0 Å². The van der Waals surface area contributed by atoms with Gasteiger partial charge in [-0.25, -0.2) is 4.98 Å². The van der Waals surface area contributed by atoms with Crippen LogP contribution in [0.25, 0.3) is 66.0 Å². The molecule has 0 spiro atoms. The highest BCUT2D eigenvalue weighted by molar-refractivity contribution is 6.14. The second kappa shape index (κ2) is 10.7. The summed E-state index contributed by atoms with van der Waals surface area (Å²) < 4.78 is 6.34. The molecule has 46 heavy (non-hydrogen) atoms. The van der Waals surface area contributed by atoms with Crippen LogP contribution in [0.4, 0.5) is 17.1 Å². The van der Waals surface area contributed by atoms with E-state index in [0.29, 0.717) is 5.71 Å². The number of anilines is 3. The number of benzene rings is 6. The molecular weight excluding hydrogens is 562 g/mol. The van der Waals surface area contributed by atoms with Gasteiger partial charge in [-0.1, -0.05) is 103 Å². The molecule has 6 aromatic carbocycles. The van der Waals surface area contributed by atoms with Crippen LogP contribution in [0.3, 0.4) is 0 Å². The first-order valence-electron chi connectivity index (χ1n) is 15.4. The van der Waals surface area contributed by atoms with Gasteiger partial charge in [0.1, 0.15) is 5.58 Å². The summed E-state index contributed by atoms with van der Waals surface area (Å²) in [5, 5.41) is 5.32. The zero-order chi connectivity index (χ0) is 30.5. The maximum absolute atomic E-state index is 6.34. The summed E-state index contributed by atoms with van der Waals surface area (Å²) in [5.74, 6) is 0. The Labute approximate surface area is 265 Å². The van der Waals surface area contributed by atoms with Gasteiger partial charge in [-0.2, -0.15) is 0 Å². The van der Waals surface area contributed by atoms with Gasteiger partial charge in [-0.15, -0.1) is 0 Å². The van der Waals surface area contributed by atoms with E-state index >= 15 is 0 Å². The fourth-order valence-electron chi connectivity index (χ4n) is 6.59. The van der Waals surface area contributed by atoms with E-state index in [1.165, 1.54) is 27.6 Å². The quantitative estimate of drug-likeness (QED) is 0.200. The van der Waals surface area contributed by atoms with Crippen LogP contribution in [0.15, 0.2) is 168 Å². The van der Waals surface area contributed by atoms with Gasteiger partial charge < -0.3 is 9.32 Å². The number of fused-ring (bicyclic) bond motifs is 6. The number of hydrogen-bond donors (Lipinski definition) is 0. The molecule has 3 heterocycles. The standard InChI is InChI=1S/C42H27N3O/c1-3-10-28(11-4-1)29-17-19-31(20-18-29)45(40-24-22-33(30-12-5-2-6-13-30)34-14-7-8-15-35(34)40)32-26-38-36-21-23-39-37(16-9-25-43-39)41(36)46-42(38)44-27-32/h1-27H. The largest absolute Gasteiger partial charge is 0.437 e. The third-order valence-corrected chi connectivity index (χ3v) is 8.78. The maximum atomic E-state index is 6.34. The molecule has 4 nitrogen and oxygen atoms in total. The average Bonchev–Trinajstić information content (AvgIpc) is 3.51. The Morgan fingerprint density at radius 2 is 1.15 bits per heavy atom. The Balaban J connectivity index is 1.27. The fourth-order valence-corrected chi connectivity index (χ4v) is 6.59. The molecule has 0 unspecified atom stereocenters. The van der Waals surface area contributed by atoms with Crippen LogP contribution in [0.2, 0.25) is 0 Å². The molecule has 9 rings (SSSR count). The van der Waals surface area contributed by atoms with Crippen LogP contribution >= 0.6 is 0 Å². The van der Waals surface area contributed by atoms with E-state index in [1.54, 1.807) is 0 Å². The van der Waals surface area contributed by atoms with Crippen LogP contribution in [0, 0.1) is 0 Å². The number of rotatable bonds is 5. The Morgan fingerprint density at radius 3 is 1.96 bits per heavy atom. The van der Waals surface area contributed by atoms with E-state index in [1.807, 2.05) is 24.5 Å². The van der Waals surface area contributed by atoms with E-state index < -0.39 is 0 Å². The molecule has 0 aliphatic carbocycles. The number of hydrogen-bond acceptors (Lipinski definition) is 4. The monoisotopic (exact) mass is 589 g/mol. The molecule has 0 saturated carbocycles. The maximum Gasteiger partial charge on any atom is 0.227 e. The van der Waals surface area contributed by atoms with Gasteiger partial charge in [0.15, 0.2) is 0 Å². The highest BCUT2D eigenvalue weighted by Gasteiger charge is 2.20. The minimum atomic E-state index is 0.610. The summed E-state index contributed by atoms with van der Waals surface area (Å²) in [6.07, 6.45) is 3.72. The summed E-state index contributed by atoms with van der Waals surface area (Å²) in [7, 11) is 0. The van der Waals surface area contributed by atoms with Gasteiger partial charge in [0.05, 0.1) is 28.5 Å². The lowest BCUT2D eigenvalue weighted by molar-refractivity contribution is 0.657. The molecule has 0 N–H and O–H groups in total. The first-order valence-corrected chi connectivity index (χ1v) is 15.4. The predicted molar refractivity (Wildman–Crippen MR) is 190 cm³/mol. The molecule has 3 aromatic heterocycles. The van der Waals surface area contributed by atoms with Crippen molar-refractivity contribution in [3.05, 3.63) is 164 Å². The lowest BCUT2D eigenvalue weighted by Crippen LogP contribution is -2.11. The molecule has 0 radical (unpaired) electrons. The Morgan fingerprint density at radius 1 is 0.457 bits per heavy atom. The summed E-state index contributed by atoms with van der Waals surface area (Å²) in [6, 6.07) is 53.3. The van der Waals surface area contributed by atoms with Crippen molar-refractivity contribution < 1.29 is 4.42 Å². The van der Waals surface area contributed by atoms with Crippen LogP contribution in [-0.4, -0.2) is 9.97 Å². The normalized spacial score (nSPS) is 11.5. The van der Waals surface area contributed by atoms with E-state index in [0.717, 1.165) is 49.7 Å². The van der Waals surface area contributed by atoms with Crippen molar-refractivity contribution in [3.63, 3.8) is 0 Å². The van der Waals surface area contributed by atoms with Crippen LogP contribution in [0.1, 0.15) is 0 Å². The Bertz CT molecular complexity index is 2520. The van der Waals surface area contributed by atoms with Crippen LogP contribution in [-0.2, 0) is 0 Å². The van der Waals surface area contributed by atoms with Crippen molar-refractivity contribution in [1.82, 2.24) is 9.97 Å². The van der Waals surface area contributed by atoms with Gasteiger partial charge in [0.2, 0.25) is 5.71 Å². The van der Waals surface area contributed by atoms with Gasteiger partial charge in [0, 0.05) is 28.0 Å². The second-order valence-electron chi connectivity index (χ2n) is 11.5. The topological polar surface area (TPSA) is 42.2 Å². The minimum Gasteiger partial charge on any atom is -0.437 e. The lowest BCUT2D eigenvalue weighted by atomic mass is 9.96. The Hall–Kier alpha value is -6.26. The van der Waals surface area contributed by atoms with Gasteiger partial charge in [-0.05, 0) is 76.2 Å².